The normalized spacial score (nSPS) is 13.9. The van der Waals surface area contributed by atoms with Crippen LogP contribution in [0.3, 0.4) is 0 Å². The van der Waals surface area contributed by atoms with Gasteiger partial charge in [-0.2, -0.15) is 0 Å². The molecule has 1 fully saturated rings. The van der Waals surface area contributed by atoms with E-state index in [9.17, 15) is 9.59 Å². The van der Waals surface area contributed by atoms with Crippen LogP contribution in [0.4, 0.5) is 17.1 Å². The van der Waals surface area contributed by atoms with Crippen molar-refractivity contribution in [2.45, 2.75) is 0 Å². The van der Waals surface area contributed by atoms with E-state index >= 15 is 0 Å². The monoisotopic (exact) mass is 444 g/mol. The Bertz CT molecular complexity index is 1060. The van der Waals surface area contributed by atoms with E-state index in [1.165, 1.54) is 5.69 Å². The molecule has 1 aliphatic heterocycles. The third-order valence-corrected chi connectivity index (χ3v) is 5.64. The molecule has 0 unspecified atom stereocenters. The highest BCUT2D eigenvalue weighted by Crippen LogP contribution is 2.18. The summed E-state index contributed by atoms with van der Waals surface area (Å²) in [5, 5.41) is 5.77. The van der Waals surface area contributed by atoms with Crippen molar-refractivity contribution in [2.24, 2.45) is 0 Å². The molecular formula is C26H28N4O3. The van der Waals surface area contributed by atoms with Crippen molar-refractivity contribution in [3.8, 4) is 5.75 Å². The van der Waals surface area contributed by atoms with Crippen molar-refractivity contribution < 1.29 is 14.3 Å². The van der Waals surface area contributed by atoms with Crippen LogP contribution in [0, 0.1) is 0 Å². The summed E-state index contributed by atoms with van der Waals surface area (Å²) >= 11 is 0. The van der Waals surface area contributed by atoms with Gasteiger partial charge in [0, 0.05) is 48.8 Å². The van der Waals surface area contributed by atoms with Crippen molar-refractivity contribution in [2.75, 3.05) is 55.4 Å². The first-order chi connectivity index (χ1) is 16.1. The first kappa shape index (κ1) is 22.4. The number of para-hydroxylation sites is 1. The van der Waals surface area contributed by atoms with E-state index in [4.69, 9.17) is 4.74 Å². The summed E-state index contributed by atoms with van der Waals surface area (Å²) in [6.07, 6.45) is 0. The lowest BCUT2D eigenvalue weighted by atomic mass is 10.2. The van der Waals surface area contributed by atoms with Crippen LogP contribution in [0.15, 0.2) is 78.9 Å². The number of hydrogen-bond donors (Lipinski definition) is 2. The molecule has 33 heavy (non-hydrogen) atoms. The number of carbonyl (C=O) groups is 2. The van der Waals surface area contributed by atoms with Gasteiger partial charge in [0.25, 0.3) is 5.91 Å². The van der Waals surface area contributed by atoms with Gasteiger partial charge in [-0.25, -0.2) is 0 Å². The lowest BCUT2D eigenvalue weighted by Gasteiger charge is -2.35. The number of rotatable bonds is 7. The number of methoxy groups -OCH3 is 1. The molecule has 2 N–H and O–H groups in total. The van der Waals surface area contributed by atoms with Crippen LogP contribution in [-0.4, -0.2) is 56.5 Å². The lowest BCUT2D eigenvalue weighted by Crippen LogP contribution is -2.48. The van der Waals surface area contributed by atoms with E-state index in [2.05, 4.69) is 32.6 Å². The molecule has 170 valence electrons. The number of ether oxygens (including phenoxy) is 1. The molecule has 0 spiro atoms. The molecule has 0 radical (unpaired) electrons. The average molecular weight is 445 g/mol. The summed E-state index contributed by atoms with van der Waals surface area (Å²) in [5.41, 5.74) is 3.09. The van der Waals surface area contributed by atoms with Gasteiger partial charge in [0.15, 0.2) is 0 Å². The van der Waals surface area contributed by atoms with Crippen LogP contribution in [0.1, 0.15) is 10.4 Å². The molecule has 1 heterocycles. The van der Waals surface area contributed by atoms with Gasteiger partial charge in [0.1, 0.15) is 5.75 Å². The van der Waals surface area contributed by atoms with Crippen molar-refractivity contribution in [1.29, 1.82) is 0 Å². The number of nitrogens with zero attached hydrogens (tertiary/aromatic N) is 2. The Labute approximate surface area is 194 Å². The van der Waals surface area contributed by atoms with E-state index < -0.39 is 0 Å². The fourth-order valence-electron chi connectivity index (χ4n) is 3.79. The van der Waals surface area contributed by atoms with E-state index in [0.29, 0.717) is 23.5 Å². The molecule has 0 saturated carbocycles. The zero-order chi connectivity index (χ0) is 23.0. The second kappa shape index (κ2) is 10.7. The number of carbonyl (C=O) groups excluding carboxylic acids is 2. The molecular weight excluding hydrogens is 416 g/mol. The van der Waals surface area contributed by atoms with E-state index in [1.807, 2.05) is 18.2 Å². The van der Waals surface area contributed by atoms with Crippen LogP contribution >= 0.6 is 0 Å². The SMILES string of the molecule is COc1ccc(NC(=O)c2ccc(NC(=O)CN3CCN(c4ccccc4)CC3)cc2)cc1. The highest BCUT2D eigenvalue weighted by atomic mass is 16.5. The zero-order valence-electron chi connectivity index (χ0n) is 18.7. The standard InChI is InChI=1S/C26H28N4O3/c1-33-24-13-11-22(12-14-24)28-26(32)20-7-9-21(10-8-20)27-25(31)19-29-15-17-30(18-16-29)23-5-3-2-4-6-23/h2-14H,15-19H2,1H3,(H,27,31)(H,28,32). The third-order valence-electron chi connectivity index (χ3n) is 5.64. The number of benzene rings is 3. The Hall–Kier alpha value is -3.84. The maximum Gasteiger partial charge on any atom is 0.255 e. The Balaban J connectivity index is 1.24. The number of anilines is 3. The van der Waals surface area contributed by atoms with Crippen molar-refractivity contribution >= 4 is 28.9 Å². The molecule has 7 nitrogen and oxygen atoms in total. The van der Waals surface area contributed by atoms with Crippen molar-refractivity contribution in [3.63, 3.8) is 0 Å². The zero-order valence-corrected chi connectivity index (χ0v) is 18.7. The first-order valence-electron chi connectivity index (χ1n) is 11.0. The summed E-state index contributed by atoms with van der Waals surface area (Å²) in [5.74, 6) is 0.457. The number of piperazine rings is 1. The van der Waals surface area contributed by atoms with Gasteiger partial charge in [-0.3, -0.25) is 14.5 Å². The Kier molecular flexibility index (Phi) is 7.22. The van der Waals surface area contributed by atoms with Crippen LogP contribution in [-0.2, 0) is 4.79 Å². The van der Waals surface area contributed by atoms with Gasteiger partial charge in [0.05, 0.1) is 13.7 Å². The minimum Gasteiger partial charge on any atom is -0.497 e. The topological polar surface area (TPSA) is 73.9 Å². The summed E-state index contributed by atoms with van der Waals surface area (Å²) in [6.45, 7) is 3.83. The molecule has 1 saturated heterocycles. The van der Waals surface area contributed by atoms with Gasteiger partial charge in [0.2, 0.25) is 5.91 Å². The van der Waals surface area contributed by atoms with Crippen molar-refractivity contribution in [3.05, 3.63) is 84.4 Å². The number of hydrogen-bond acceptors (Lipinski definition) is 5. The highest BCUT2D eigenvalue weighted by Gasteiger charge is 2.19. The van der Waals surface area contributed by atoms with Gasteiger partial charge in [-0.05, 0) is 60.7 Å². The van der Waals surface area contributed by atoms with E-state index in [0.717, 1.165) is 31.9 Å². The molecule has 0 bridgehead atoms. The quantitative estimate of drug-likeness (QED) is 0.581. The van der Waals surface area contributed by atoms with E-state index in [1.54, 1.807) is 55.6 Å². The molecule has 7 heteroatoms. The summed E-state index contributed by atoms with van der Waals surface area (Å²) < 4.78 is 5.12. The Morgan fingerprint density at radius 2 is 1.39 bits per heavy atom. The van der Waals surface area contributed by atoms with Crippen LogP contribution in [0.2, 0.25) is 0 Å². The molecule has 4 rings (SSSR count). The predicted molar refractivity (Wildman–Crippen MR) is 131 cm³/mol. The second-order valence-electron chi connectivity index (χ2n) is 7.91. The fourth-order valence-corrected chi connectivity index (χ4v) is 3.79. The maximum absolute atomic E-state index is 12.5. The Morgan fingerprint density at radius 1 is 0.788 bits per heavy atom. The predicted octanol–water partition coefficient (Wildman–Crippen LogP) is 3.71. The molecule has 3 aromatic rings. The molecule has 1 aliphatic rings. The smallest absolute Gasteiger partial charge is 0.255 e. The third kappa shape index (κ3) is 6.11. The maximum atomic E-state index is 12.5. The second-order valence-corrected chi connectivity index (χ2v) is 7.91. The average Bonchev–Trinajstić information content (AvgIpc) is 2.86. The van der Waals surface area contributed by atoms with Gasteiger partial charge in [-0.15, -0.1) is 0 Å². The summed E-state index contributed by atoms with van der Waals surface area (Å²) in [6, 6.07) is 24.4. The van der Waals surface area contributed by atoms with Crippen LogP contribution < -0.4 is 20.3 Å². The van der Waals surface area contributed by atoms with Crippen molar-refractivity contribution in [1.82, 2.24) is 4.90 Å². The summed E-state index contributed by atoms with van der Waals surface area (Å²) in [4.78, 5) is 29.4. The van der Waals surface area contributed by atoms with Gasteiger partial charge >= 0.3 is 0 Å². The van der Waals surface area contributed by atoms with Crippen LogP contribution in [0.25, 0.3) is 0 Å². The highest BCUT2D eigenvalue weighted by molar-refractivity contribution is 6.04. The Morgan fingerprint density at radius 3 is 2.03 bits per heavy atom. The number of amides is 2. The van der Waals surface area contributed by atoms with Crippen LogP contribution in [0.5, 0.6) is 5.75 Å². The minimum absolute atomic E-state index is 0.0569. The first-order valence-corrected chi connectivity index (χ1v) is 11.0. The fraction of sp³-hybridized carbons (Fsp3) is 0.231. The molecule has 0 atom stereocenters. The molecule has 0 aliphatic carbocycles. The summed E-state index contributed by atoms with van der Waals surface area (Å²) in [7, 11) is 1.60. The minimum atomic E-state index is -0.214. The van der Waals surface area contributed by atoms with E-state index in [-0.39, 0.29) is 11.8 Å². The largest absolute Gasteiger partial charge is 0.497 e. The molecule has 0 aromatic heterocycles. The van der Waals surface area contributed by atoms with Gasteiger partial charge in [-0.1, -0.05) is 18.2 Å². The number of nitrogens with one attached hydrogen (secondary N) is 2. The molecule has 3 aromatic carbocycles. The lowest BCUT2D eigenvalue weighted by molar-refractivity contribution is -0.117. The molecule has 2 amide bonds. The van der Waals surface area contributed by atoms with Gasteiger partial charge < -0.3 is 20.3 Å².